The summed E-state index contributed by atoms with van der Waals surface area (Å²) in [7, 11) is 0. The van der Waals surface area contributed by atoms with Gasteiger partial charge < -0.3 is 10.2 Å². The van der Waals surface area contributed by atoms with Crippen molar-refractivity contribution in [3.63, 3.8) is 0 Å². The molecule has 1 aromatic rings. The Kier molecular flexibility index (Phi) is 5.16. The van der Waals surface area contributed by atoms with Crippen molar-refractivity contribution < 1.29 is 4.39 Å². The molecule has 1 heterocycles. The normalized spacial score (nSPS) is 23.4. The van der Waals surface area contributed by atoms with E-state index in [0.717, 1.165) is 25.2 Å². The third kappa shape index (κ3) is 3.57. The maximum absolute atomic E-state index is 13.5. The zero-order valence-electron chi connectivity index (χ0n) is 12.1. The minimum atomic E-state index is -0.543. The van der Waals surface area contributed by atoms with Crippen LogP contribution in [-0.2, 0) is 0 Å². The number of hydrogen-bond acceptors (Lipinski definition) is 2. The Balaban J connectivity index is 2.21. The first kappa shape index (κ1) is 15.9. The SMILES string of the molecule is CC(C)CC1CN(c2cc(Cl)c(F)c(Cl)c2)C(C)CN1. The van der Waals surface area contributed by atoms with Crippen molar-refractivity contribution in [2.45, 2.75) is 39.3 Å². The molecule has 0 aromatic heterocycles. The third-order valence-electron chi connectivity index (χ3n) is 3.71. The van der Waals surface area contributed by atoms with E-state index in [-0.39, 0.29) is 10.0 Å². The lowest BCUT2D eigenvalue weighted by molar-refractivity contribution is 0.356. The maximum Gasteiger partial charge on any atom is 0.160 e. The van der Waals surface area contributed by atoms with Gasteiger partial charge in [0.25, 0.3) is 0 Å². The highest BCUT2D eigenvalue weighted by atomic mass is 35.5. The summed E-state index contributed by atoms with van der Waals surface area (Å²) in [4.78, 5) is 2.25. The van der Waals surface area contributed by atoms with Crippen LogP contribution in [0.4, 0.5) is 10.1 Å². The van der Waals surface area contributed by atoms with Gasteiger partial charge in [-0.15, -0.1) is 0 Å². The van der Waals surface area contributed by atoms with Gasteiger partial charge in [-0.1, -0.05) is 37.0 Å². The largest absolute Gasteiger partial charge is 0.366 e. The van der Waals surface area contributed by atoms with Crippen molar-refractivity contribution in [2.75, 3.05) is 18.0 Å². The average molecular weight is 319 g/mol. The van der Waals surface area contributed by atoms with Crippen LogP contribution < -0.4 is 10.2 Å². The molecule has 0 aliphatic carbocycles. The molecule has 1 aromatic carbocycles. The molecular formula is C15H21Cl2FN2. The van der Waals surface area contributed by atoms with E-state index < -0.39 is 5.82 Å². The molecule has 0 amide bonds. The van der Waals surface area contributed by atoms with E-state index in [4.69, 9.17) is 23.2 Å². The number of nitrogens with zero attached hydrogens (tertiary/aromatic N) is 1. The topological polar surface area (TPSA) is 15.3 Å². The Morgan fingerprint density at radius 1 is 1.35 bits per heavy atom. The first-order valence-corrected chi connectivity index (χ1v) is 7.78. The number of rotatable bonds is 3. The van der Waals surface area contributed by atoms with Gasteiger partial charge in [0.15, 0.2) is 5.82 Å². The van der Waals surface area contributed by atoms with Crippen LogP contribution in [-0.4, -0.2) is 25.2 Å². The quantitative estimate of drug-likeness (QED) is 0.834. The maximum atomic E-state index is 13.5. The van der Waals surface area contributed by atoms with Crippen LogP contribution in [0.25, 0.3) is 0 Å². The van der Waals surface area contributed by atoms with E-state index in [1.54, 1.807) is 12.1 Å². The van der Waals surface area contributed by atoms with Gasteiger partial charge >= 0.3 is 0 Å². The van der Waals surface area contributed by atoms with Crippen LogP contribution in [0, 0.1) is 11.7 Å². The van der Waals surface area contributed by atoms with E-state index >= 15 is 0 Å². The van der Waals surface area contributed by atoms with E-state index in [1.807, 2.05) is 0 Å². The fourth-order valence-electron chi connectivity index (χ4n) is 2.72. The Morgan fingerprint density at radius 3 is 2.50 bits per heavy atom. The van der Waals surface area contributed by atoms with Crippen molar-refractivity contribution in [2.24, 2.45) is 5.92 Å². The summed E-state index contributed by atoms with van der Waals surface area (Å²) in [5.74, 6) is 0.0988. The molecule has 1 aliphatic rings. The fraction of sp³-hybridized carbons (Fsp3) is 0.600. The minimum Gasteiger partial charge on any atom is -0.366 e. The van der Waals surface area contributed by atoms with Crippen molar-refractivity contribution >= 4 is 28.9 Å². The summed E-state index contributed by atoms with van der Waals surface area (Å²) in [6.07, 6.45) is 1.12. The highest BCUT2D eigenvalue weighted by molar-refractivity contribution is 6.35. The third-order valence-corrected chi connectivity index (χ3v) is 4.26. The number of halogens is 3. The lowest BCUT2D eigenvalue weighted by atomic mass is 9.99. The Morgan fingerprint density at radius 2 is 1.95 bits per heavy atom. The Labute approximate surface area is 130 Å². The van der Waals surface area contributed by atoms with Crippen molar-refractivity contribution in [3.05, 3.63) is 28.0 Å². The Hall–Kier alpha value is -0.510. The van der Waals surface area contributed by atoms with E-state index in [2.05, 4.69) is 31.0 Å². The van der Waals surface area contributed by atoms with Crippen LogP contribution in [0.2, 0.25) is 10.0 Å². The van der Waals surface area contributed by atoms with Crippen molar-refractivity contribution in [1.82, 2.24) is 5.32 Å². The van der Waals surface area contributed by atoms with Gasteiger partial charge in [0.1, 0.15) is 0 Å². The van der Waals surface area contributed by atoms with Gasteiger partial charge in [-0.2, -0.15) is 0 Å². The number of nitrogens with one attached hydrogen (secondary N) is 1. The molecule has 0 bridgehead atoms. The Bertz CT molecular complexity index is 456. The molecule has 2 atom stereocenters. The molecule has 2 unspecified atom stereocenters. The minimum absolute atomic E-state index is 0.0821. The first-order chi connectivity index (χ1) is 9.38. The lowest BCUT2D eigenvalue weighted by Crippen LogP contribution is -2.56. The molecule has 0 saturated carbocycles. The van der Waals surface area contributed by atoms with Gasteiger partial charge in [0.05, 0.1) is 10.0 Å². The van der Waals surface area contributed by atoms with Crippen molar-refractivity contribution in [3.8, 4) is 0 Å². The number of piperazine rings is 1. The highest BCUT2D eigenvalue weighted by Crippen LogP contribution is 2.31. The van der Waals surface area contributed by atoms with E-state index in [0.29, 0.717) is 18.0 Å². The summed E-state index contributed by atoms with van der Waals surface area (Å²) in [5, 5.41) is 3.72. The first-order valence-electron chi connectivity index (χ1n) is 7.03. The lowest BCUT2D eigenvalue weighted by Gasteiger charge is -2.41. The predicted octanol–water partition coefficient (Wildman–Crippen LogP) is 4.35. The smallest absolute Gasteiger partial charge is 0.160 e. The van der Waals surface area contributed by atoms with Gasteiger partial charge in [-0.05, 0) is 31.4 Å². The van der Waals surface area contributed by atoms with Crippen LogP contribution >= 0.6 is 23.2 Å². The average Bonchev–Trinajstić information content (AvgIpc) is 2.37. The van der Waals surface area contributed by atoms with Crippen LogP contribution in [0.5, 0.6) is 0 Å². The molecule has 0 spiro atoms. The summed E-state index contributed by atoms with van der Waals surface area (Å²) >= 11 is 11.8. The second-order valence-electron chi connectivity index (χ2n) is 5.96. The van der Waals surface area contributed by atoms with Crippen LogP contribution in [0.3, 0.4) is 0 Å². The molecule has 2 rings (SSSR count). The molecule has 5 heteroatoms. The second-order valence-corrected chi connectivity index (χ2v) is 6.77. The molecule has 2 nitrogen and oxygen atoms in total. The molecule has 1 aliphatic heterocycles. The zero-order valence-corrected chi connectivity index (χ0v) is 13.6. The van der Waals surface area contributed by atoms with Gasteiger partial charge in [-0.25, -0.2) is 4.39 Å². The fourth-order valence-corrected chi connectivity index (χ4v) is 3.20. The van der Waals surface area contributed by atoms with Gasteiger partial charge in [-0.3, -0.25) is 0 Å². The summed E-state index contributed by atoms with van der Waals surface area (Å²) in [5.41, 5.74) is 0.893. The molecule has 112 valence electrons. The van der Waals surface area contributed by atoms with Gasteiger partial charge in [0.2, 0.25) is 0 Å². The van der Waals surface area contributed by atoms with E-state index in [1.165, 1.54) is 0 Å². The monoisotopic (exact) mass is 318 g/mol. The second kappa shape index (κ2) is 6.50. The molecular weight excluding hydrogens is 298 g/mol. The number of anilines is 1. The predicted molar refractivity (Wildman–Crippen MR) is 84.5 cm³/mol. The van der Waals surface area contributed by atoms with Crippen LogP contribution in [0.15, 0.2) is 12.1 Å². The highest BCUT2D eigenvalue weighted by Gasteiger charge is 2.26. The standard InChI is InChI=1S/C15H21Cl2FN2/c1-9(2)4-11-8-20(10(3)7-19-11)12-5-13(16)15(18)14(17)6-12/h5-6,9-11,19H,4,7-8H2,1-3H3. The molecule has 0 radical (unpaired) electrons. The summed E-state index contributed by atoms with van der Waals surface area (Å²) in [6, 6.07) is 4.10. The number of hydrogen-bond donors (Lipinski definition) is 1. The van der Waals surface area contributed by atoms with E-state index in [9.17, 15) is 4.39 Å². The van der Waals surface area contributed by atoms with Gasteiger partial charge in [0, 0.05) is 30.9 Å². The molecule has 1 saturated heterocycles. The summed E-state index contributed by atoms with van der Waals surface area (Å²) < 4.78 is 13.5. The molecule has 1 N–H and O–H groups in total. The molecule has 20 heavy (non-hydrogen) atoms. The number of benzene rings is 1. The molecule has 1 fully saturated rings. The van der Waals surface area contributed by atoms with Crippen LogP contribution in [0.1, 0.15) is 27.2 Å². The van der Waals surface area contributed by atoms with Crippen molar-refractivity contribution in [1.29, 1.82) is 0 Å². The zero-order chi connectivity index (χ0) is 14.9. The summed E-state index contributed by atoms with van der Waals surface area (Å²) in [6.45, 7) is 8.37.